The van der Waals surface area contributed by atoms with E-state index >= 15 is 4.39 Å². The van der Waals surface area contributed by atoms with Gasteiger partial charge in [0.05, 0.1) is 23.9 Å². The first-order chi connectivity index (χ1) is 29.2. The molecule has 0 spiro atoms. The monoisotopic (exact) mass is 835 g/mol. The van der Waals surface area contributed by atoms with Crippen LogP contribution in [0.5, 0.6) is 0 Å². The van der Waals surface area contributed by atoms with Crippen LogP contribution < -0.4 is 11.1 Å². The van der Waals surface area contributed by atoms with Crippen molar-refractivity contribution < 1.29 is 48.0 Å². The van der Waals surface area contributed by atoms with E-state index in [1.54, 1.807) is 56.6 Å². The van der Waals surface area contributed by atoms with E-state index in [9.17, 15) is 34.2 Å². The van der Waals surface area contributed by atoms with Crippen molar-refractivity contribution in [3.63, 3.8) is 0 Å². The van der Waals surface area contributed by atoms with Crippen LogP contribution in [-0.4, -0.2) is 75.1 Å². The van der Waals surface area contributed by atoms with Crippen LogP contribution in [0.25, 0.3) is 10.8 Å². The number of nitrogens with one attached hydrogen (secondary N) is 1. The molecule has 0 radical (unpaired) electrons. The lowest BCUT2D eigenvalue weighted by molar-refractivity contribution is -0.192. The van der Waals surface area contributed by atoms with E-state index in [2.05, 4.69) is 10.3 Å². The van der Waals surface area contributed by atoms with Crippen molar-refractivity contribution in [3.05, 3.63) is 95.9 Å². The predicted molar refractivity (Wildman–Crippen MR) is 223 cm³/mol. The van der Waals surface area contributed by atoms with E-state index in [4.69, 9.17) is 15.2 Å². The maximum atomic E-state index is 17.4. The fraction of sp³-hybridized carbons (Fsp3) is 0.500. The number of rotatable bonds is 11. The highest BCUT2D eigenvalue weighted by molar-refractivity contribution is 6.01. The number of carbonyl (C=O) groups excluding carboxylic acids is 5. The lowest BCUT2D eigenvalue weighted by atomic mass is 9.48. The average molecular weight is 836 g/mol. The number of alkyl halides is 1. The highest BCUT2D eigenvalue weighted by atomic mass is 19.1. The number of allylic oxidation sites excluding steroid dienone is 4. The lowest BCUT2D eigenvalue weighted by Gasteiger charge is -2.59. The fourth-order valence-electron chi connectivity index (χ4n) is 11.5. The predicted octanol–water partition coefficient (Wildman–Crippen LogP) is 5.84. The topological polar surface area (TPSA) is 195 Å². The molecule has 3 aromatic rings. The second-order valence-electron chi connectivity index (χ2n) is 18.1. The third-order valence-corrected chi connectivity index (χ3v) is 15.0. The second kappa shape index (κ2) is 16.6. The number of aromatic nitrogens is 1. The highest BCUT2D eigenvalue weighted by Gasteiger charge is 2.71. The van der Waals surface area contributed by atoms with Gasteiger partial charge < -0.3 is 30.7 Å². The van der Waals surface area contributed by atoms with Gasteiger partial charge in [0.15, 0.2) is 18.1 Å². The van der Waals surface area contributed by atoms with Gasteiger partial charge in [0.25, 0.3) is 0 Å². The van der Waals surface area contributed by atoms with Crippen LogP contribution in [0.3, 0.4) is 0 Å². The number of ketones is 2. The average Bonchev–Trinajstić information content (AvgIpc) is 3.52. The molecule has 5 aliphatic rings. The van der Waals surface area contributed by atoms with Crippen molar-refractivity contribution in [1.29, 1.82) is 0 Å². The zero-order valence-electron chi connectivity index (χ0n) is 34.6. The van der Waals surface area contributed by atoms with E-state index in [1.165, 1.54) is 12.2 Å². The number of benzene rings is 2. The van der Waals surface area contributed by atoms with Crippen molar-refractivity contribution in [2.75, 3.05) is 18.5 Å². The molecule has 0 bridgehead atoms. The van der Waals surface area contributed by atoms with Crippen molar-refractivity contribution in [2.45, 2.75) is 95.1 Å². The van der Waals surface area contributed by atoms with E-state index in [1.807, 2.05) is 24.3 Å². The first-order valence-corrected chi connectivity index (χ1v) is 21.5. The Labute approximate surface area is 354 Å². The number of hydrogen-bond acceptors (Lipinski definition) is 11. The molecule has 5 N–H and O–H groups in total. The maximum Gasteiger partial charge on any atom is 0.310 e. The van der Waals surface area contributed by atoms with Gasteiger partial charge in [-0.3, -0.25) is 29.0 Å². The third kappa shape index (κ3) is 7.42. The first-order valence-electron chi connectivity index (χ1n) is 21.5. The molecule has 8 rings (SSSR count). The number of anilines is 1. The van der Waals surface area contributed by atoms with E-state index in [-0.39, 0.29) is 31.3 Å². The van der Waals surface area contributed by atoms with E-state index < -0.39 is 88.5 Å². The number of fused-ring (bicyclic) bond motifs is 6. The number of aliphatic hydroxyl groups is 2. The molecule has 13 heteroatoms. The molecule has 1 amide bonds. The van der Waals surface area contributed by atoms with Gasteiger partial charge in [0, 0.05) is 47.3 Å². The summed E-state index contributed by atoms with van der Waals surface area (Å²) in [7, 11) is 0. The van der Waals surface area contributed by atoms with E-state index in [0.717, 1.165) is 10.8 Å². The summed E-state index contributed by atoms with van der Waals surface area (Å²) < 4.78 is 28.7. The Morgan fingerprint density at radius 3 is 2.41 bits per heavy atom. The van der Waals surface area contributed by atoms with Crippen LogP contribution in [0.15, 0.2) is 84.7 Å². The molecular formula is C48H54FN3O9. The van der Waals surface area contributed by atoms with Crippen LogP contribution in [0.2, 0.25) is 0 Å². The molecule has 1 heterocycles. The SMILES string of the molecule is C[C@@H]1C[C@@H]2[C@H](C[C@H](O)[C@@]3(F)[C@H]2CCC2=CC(=O)C=C[C@@]23C)[C@@]1(O)C(=O)COC(=O)[C@@H]1CCCC[C@H]1C(=O)OCc1ccc([C@@H](CN)C(=O)Nc2ccc3cnccc3c2)cc1. The van der Waals surface area contributed by atoms with Crippen LogP contribution in [0, 0.1) is 40.9 Å². The summed E-state index contributed by atoms with van der Waals surface area (Å²) >= 11 is 0. The minimum atomic E-state index is -2.09. The largest absolute Gasteiger partial charge is 0.461 e. The summed E-state index contributed by atoms with van der Waals surface area (Å²) in [4.78, 5) is 70.5. The Bertz CT molecular complexity index is 2300. The molecular weight excluding hydrogens is 782 g/mol. The molecule has 61 heavy (non-hydrogen) atoms. The molecule has 0 unspecified atom stereocenters. The minimum absolute atomic E-state index is 0.0625. The highest BCUT2D eigenvalue weighted by Crippen LogP contribution is 2.66. The second-order valence-corrected chi connectivity index (χ2v) is 18.1. The molecule has 0 aliphatic heterocycles. The van der Waals surface area contributed by atoms with Crippen molar-refractivity contribution >= 4 is 45.9 Å². The molecule has 322 valence electrons. The Balaban J connectivity index is 0.863. The number of esters is 2. The number of Topliss-reactive ketones (excluding diaryl/α,β-unsaturated/α-hetero) is 1. The summed E-state index contributed by atoms with van der Waals surface area (Å²) in [5.74, 6) is -7.11. The number of hydrogen-bond donors (Lipinski definition) is 4. The Morgan fingerprint density at radius 1 is 0.967 bits per heavy atom. The van der Waals surface area contributed by atoms with Gasteiger partial charge in [0.2, 0.25) is 11.7 Å². The van der Waals surface area contributed by atoms with Crippen LogP contribution >= 0.6 is 0 Å². The molecule has 11 atom stereocenters. The number of ether oxygens (including phenoxy) is 2. The van der Waals surface area contributed by atoms with Gasteiger partial charge in [-0.15, -0.1) is 0 Å². The molecule has 1 aromatic heterocycles. The van der Waals surface area contributed by atoms with Crippen LogP contribution in [0.1, 0.15) is 82.3 Å². The van der Waals surface area contributed by atoms with Crippen LogP contribution in [0.4, 0.5) is 10.1 Å². The Kier molecular flexibility index (Phi) is 11.6. The van der Waals surface area contributed by atoms with Gasteiger partial charge in [-0.1, -0.05) is 61.7 Å². The summed E-state index contributed by atoms with van der Waals surface area (Å²) in [6, 6.07) is 14.5. The number of amides is 1. The molecule has 12 nitrogen and oxygen atoms in total. The minimum Gasteiger partial charge on any atom is -0.461 e. The normalized spacial score (nSPS) is 33.4. The molecule has 0 saturated heterocycles. The van der Waals surface area contributed by atoms with Gasteiger partial charge in [-0.2, -0.15) is 0 Å². The van der Waals surface area contributed by atoms with Crippen LogP contribution in [-0.2, 0) is 40.1 Å². The summed E-state index contributed by atoms with van der Waals surface area (Å²) in [6.07, 6.45) is 9.51. The number of nitrogens with two attached hydrogens (primary N) is 1. The summed E-state index contributed by atoms with van der Waals surface area (Å²) in [6.45, 7) is 2.75. The maximum absolute atomic E-state index is 17.4. The summed E-state index contributed by atoms with van der Waals surface area (Å²) in [5.41, 5.74) is 3.46. The van der Waals surface area contributed by atoms with Crippen molar-refractivity contribution in [1.82, 2.24) is 4.98 Å². The smallest absolute Gasteiger partial charge is 0.310 e. The zero-order valence-corrected chi connectivity index (χ0v) is 34.6. The first kappa shape index (κ1) is 42.6. The number of halogens is 1. The number of pyridine rings is 1. The van der Waals surface area contributed by atoms with Crippen molar-refractivity contribution in [3.8, 4) is 0 Å². The Morgan fingerprint density at radius 2 is 1.69 bits per heavy atom. The van der Waals surface area contributed by atoms with E-state index in [0.29, 0.717) is 67.3 Å². The van der Waals surface area contributed by atoms with Gasteiger partial charge in [-0.05, 0) is 104 Å². The molecule has 4 saturated carbocycles. The standard InChI is InChI=1S/C48H54FN3O9/c1-27-19-37-39-14-12-32-21-34(53)15-17-46(32,2)48(39,49)41(54)22-40(37)47(27,59)42(55)26-61-45(58)36-6-4-3-5-35(36)44(57)60-25-28-7-9-29(10-8-28)38(23-50)43(56)52-33-13-11-31-24-51-18-16-30(31)20-33/h7-11,13,15-18,20-21,24,27,35-41,54,59H,3-6,12,14,19,22-23,25-26,50H2,1-2H3,(H,52,56)/t27-,35-,36-,37+,38-,39+,40+,41+,46+,47-,48+/m1/s1. The number of carbonyl (C=O) groups is 5. The molecule has 2 aromatic carbocycles. The molecule has 4 fully saturated rings. The van der Waals surface area contributed by atoms with Crippen molar-refractivity contribution in [2.24, 2.45) is 46.7 Å². The number of nitrogens with zero attached hydrogens (tertiary/aromatic N) is 1. The lowest BCUT2D eigenvalue weighted by Crippen LogP contribution is -2.66. The summed E-state index contributed by atoms with van der Waals surface area (Å²) in [5, 5.41) is 28.5. The third-order valence-electron chi connectivity index (χ3n) is 15.0. The fourth-order valence-corrected chi connectivity index (χ4v) is 11.5. The molecule has 5 aliphatic carbocycles. The van der Waals surface area contributed by atoms with Gasteiger partial charge in [-0.25, -0.2) is 4.39 Å². The quantitative estimate of drug-likeness (QED) is 0.170. The van der Waals surface area contributed by atoms with Gasteiger partial charge in [0.1, 0.15) is 12.2 Å². The van der Waals surface area contributed by atoms with Gasteiger partial charge >= 0.3 is 11.9 Å². The zero-order chi connectivity index (χ0) is 43.3. The number of aliphatic hydroxyl groups excluding tert-OH is 1. The Hall–Kier alpha value is -5.11.